The van der Waals surface area contributed by atoms with Crippen molar-refractivity contribution in [2.24, 2.45) is 5.92 Å². The normalized spacial score (nSPS) is 20.3. The van der Waals surface area contributed by atoms with E-state index in [1.54, 1.807) is 22.6 Å². The minimum absolute atomic E-state index is 0.00398. The average Bonchev–Trinajstić information content (AvgIpc) is 2.59. The highest BCUT2D eigenvalue weighted by Gasteiger charge is 2.19. The van der Waals surface area contributed by atoms with Crippen LogP contribution < -0.4 is 0 Å². The second kappa shape index (κ2) is 7.65. The van der Waals surface area contributed by atoms with Crippen LogP contribution in [-0.2, 0) is 0 Å². The maximum atomic E-state index is 13.5. The van der Waals surface area contributed by atoms with E-state index in [-0.39, 0.29) is 3.57 Å². The highest BCUT2D eigenvalue weighted by atomic mass is 127. The van der Waals surface area contributed by atoms with Gasteiger partial charge in [0, 0.05) is 11.1 Å². The molecule has 2 aromatic carbocycles. The summed E-state index contributed by atoms with van der Waals surface area (Å²) in [5, 5.41) is 0. The molecule has 0 heterocycles. The van der Waals surface area contributed by atoms with Gasteiger partial charge in [0.05, 0.1) is 3.57 Å². The molecule has 1 aliphatic carbocycles. The first-order valence-electron chi connectivity index (χ1n) is 8.29. The lowest BCUT2D eigenvalue weighted by Gasteiger charge is -2.26. The van der Waals surface area contributed by atoms with Crippen LogP contribution in [0, 0.1) is 33.0 Å². The maximum absolute atomic E-state index is 13.5. The van der Waals surface area contributed by atoms with Gasteiger partial charge in [0.25, 0.3) is 0 Å². The third-order valence-corrected chi connectivity index (χ3v) is 5.76. The van der Waals surface area contributed by atoms with Crippen LogP contribution in [0.1, 0.15) is 55.2 Å². The molecule has 0 nitrogen and oxygen atoms in total. The summed E-state index contributed by atoms with van der Waals surface area (Å²) < 4.78 is 27.1. The predicted molar refractivity (Wildman–Crippen MR) is 102 cm³/mol. The molecular weight excluding hydrogens is 417 g/mol. The van der Waals surface area contributed by atoms with Gasteiger partial charge in [-0.1, -0.05) is 43.7 Å². The summed E-state index contributed by atoms with van der Waals surface area (Å²) in [4.78, 5) is 0. The average molecular weight is 436 g/mol. The zero-order chi connectivity index (χ0) is 17.1. The van der Waals surface area contributed by atoms with Gasteiger partial charge < -0.3 is 0 Å². The minimum atomic E-state index is -0.568. The molecule has 0 aliphatic heterocycles. The molecular formula is C21H19F2I. The quantitative estimate of drug-likeness (QED) is 0.281. The largest absolute Gasteiger partial charge is 0.206 e. The number of hydrogen-bond donors (Lipinski definition) is 0. The van der Waals surface area contributed by atoms with Crippen molar-refractivity contribution in [3.63, 3.8) is 0 Å². The monoisotopic (exact) mass is 436 g/mol. The van der Waals surface area contributed by atoms with Crippen LogP contribution in [0.4, 0.5) is 8.78 Å². The van der Waals surface area contributed by atoms with Gasteiger partial charge in [-0.05, 0) is 77.1 Å². The van der Waals surface area contributed by atoms with Gasteiger partial charge in [-0.3, -0.25) is 0 Å². The third kappa shape index (κ3) is 4.16. The van der Waals surface area contributed by atoms with E-state index in [1.165, 1.54) is 43.4 Å². The highest BCUT2D eigenvalue weighted by Crippen LogP contribution is 2.35. The molecule has 24 heavy (non-hydrogen) atoms. The molecule has 1 saturated carbocycles. The van der Waals surface area contributed by atoms with Crippen LogP contribution in [0.5, 0.6) is 0 Å². The molecule has 3 rings (SSSR count). The van der Waals surface area contributed by atoms with Crippen molar-refractivity contribution >= 4 is 22.6 Å². The van der Waals surface area contributed by atoms with E-state index in [1.807, 2.05) is 12.1 Å². The number of benzene rings is 2. The van der Waals surface area contributed by atoms with Crippen molar-refractivity contribution in [2.75, 3.05) is 0 Å². The molecule has 0 amide bonds. The van der Waals surface area contributed by atoms with E-state index < -0.39 is 11.6 Å². The Morgan fingerprint density at radius 2 is 1.42 bits per heavy atom. The lowest BCUT2D eigenvalue weighted by atomic mass is 9.79. The molecule has 1 aliphatic rings. The summed E-state index contributed by atoms with van der Waals surface area (Å²) in [7, 11) is 0. The Bertz CT molecular complexity index is 753. The van der Waals surface area contributed by atoms with Crippen molar-refractivity contribution < 1.29 is 8.78 Å². The maximum Gasteiger partial charge on any atom is 0.140 e. The van der Waals surface area contributed by atoms with Crippen LogP contribution in [0.25, 0.3) is 0 Å². The first-order chi connectivity index (χ1) is 11.5. The molecule has 0 bridgehead atoms. The van der Waals surface area contributed by atoms with Crippen LogP contribution in [0.15, 0.2) is 36.4 Å². The van der Waals surface area contributed by atoms with Crippen LogP contribution >= 0.6 is 22.6 Å². The zero-order valence-corrected chi connectivity index (χ0v) is 15.7. The van der Waals surface area contributed by atoms with E-state index >= 15 is 0 Å². The zero-order valence-electron chi connectivity index (χ0n) is 13.6. The molecule has 124 valence electrons. The summed E-state index contributed by atoms with van der Waals surface area (Å²) in [5.74, 6) is 6.20. The standard InChI is InChI=1S/C21H19F2I/c1-14-2-8-17(9-3-14)18-10-6-15(7-11-18)4-5-16-12-19(22)21(24)20(23)13-16/h6-7,10-14,17H,2-3,8-9H2,1H3. The summed E-state index contributed by atoms with van der Waals surface area (Å²) >= 11 is 1.65. The fourth-order valence-corrected chi connectivity index (χ4v) is 3.52. The Balaban J connectivity index is 1.73. The lowest BCUT2D eigenvalue weighted by molar-refractivity contribution is 0.348. The Morgan fingerprint density at radius 1 is 0.875 bits per heavy atom. The minimum Gasteiger partial charge on any atom is -0.206 e. The number of rotatable bonds is 1. The summed E-state index contributed by atoms with van der Waals surface area (Å²) in [5.41, 5.74) is 2.59. The van der Waals surface area contributed by atoms with Gasteiger partial charge in [0.1, 0.15) is 11.6 Å². The molecule has 1 fully saturated rings. The van der Waals surface area contributed by atoms with Crippen LogP contribution in [0.2, 0.25) is 0 Å². The van der Waals surface area contributed by atoms with Crippen molar-refractivity contribution in [3.05, 3.63) is 68.3 Å². The summed E-state index contributed by atoms with van der Waals surface area (Å²) in [6.45, 7) is 2.32. The van der Waals surface area contributed by atoms with E-state index in [0.717, 1.165) is 11.5 Å². The molecule has 0 unspecified atom stereocenters. The molecule has 3 heteroatoms. The lowest BCUT2D eigenvalue weighted by Crippen LogP contribution is -2.10. The first kappa shape index (κ1) is 17.4. The van der Waals surface area contributed by atoms with Gasteiger partial charge in [-0.25, -0.2) is 8.78 Å². The van der Waals surface area contributed by atoms with Gasteiger partial charge in [-0.2, -0.15) is 0 Å². The second-order valence-corrected chi connectivity index (χ2v) is 7.66. The predicted octanol–water partition coefficient (Wildman–Crippen LogP) is 6.26. The topological polar surface area (TPSA) is 0 Å². The number of hydrogen-bond acceptors (Lipinski definition) is 0. The first-order valence-corrected chi connectivity index (χ1v) is 9.37. The number of halogens is 3. The molecule has 2 aromatic rings. The van der Waals surface area contributed by atoms with E-state index in [0.29, 0.717) is 11.5 Å². The van der Waals surface area contributed by atoms with Gasteiger partial charge in [0.15, 0.2) is 0 Å². The Morgan fingerprint density at radius 3 is 2.00 bits per heavy atom. The van der Waals surface area contributed by atoms with Crippen LogP contribution in [-0.4, -0.2) is 0 Å². The highest BCUT2D eigenvalue weighted by molar-refractivity contribution is 14.1. The third-order valence-electron chi connectivity index (χ3n) is 4.73. The molecule has 0 radical (unpaired) electrons. The van der Waals surface area contributed by atoms with E-state index in [2.05, 4.69) is 30.9 Å². The molecule has 0 spiro atoms. The SMILES string of the molecule is CC1CCC(c2ccc(C#Cc3cc(F)c(I)c(F)c3)cc2)CC1. The fraction of sp³-hybridized carbons (Fsp3) is 0.333. The molecule has 0 saturated heterocycles. The van der Waals surface area contributed by atoms with Crippen molar-refractivity contribution in [2.45, 2.75) is 38.5 Å². The summed E-state index contributed by atoms with van der Waals surface area (Å²) in [6, 6.07) is 10.8. The summed E-state index contributed by atoms with van der Waals surface area (Å²) in [6.07, 6.45) is 5.12. The van der Waals surface area contributed by atoms with Gasteiger partial charge >= 0.3 is 0 Å². The van der Waals surface area contributed by atoms with Crippen molar-refractivity contribution in [1.82, 2.24) is 0 Å². The second-order valence-electron chi connectivity index (χ2n) is 6.58. The Hall–Kier alpha value is -1.41. The smallest absolute Gasteiger partial charge is 0.140 e. The van der Waals surface area contributed by atoms with Gasteiger partial charge in [0.2, 0.25) is 0 Å². The fourth-order valence-electron chi connectivity index (χ4n) is 3.20. The van der Waals surface area contributed by atoms with Crippen molar-refractivity contribution in [1.29, 1.82) is 0 Å². The Labute approximate surface area is 155 Å². The Kier molecular flexibility index (Phi) is 5.55. The molecule has 0 N–H and O–H groups in total. The molecule has 0 atom stereocenters. The molecule has 0 aromatic heterocycles. The van der Waals surface area contributed by atoms with E-state index in [9.17, 15) is 8.78 Å². The van der Waals surface area contributed by atoms with Gasteiger partial charge in [-0.15, -0.1) is 0 Å². The van der Waals surface area contributed by atoms with E-state index in [4.69, 9.17) is 0 Å². The van der Waals surface area contributed by atoms with Crippen molar-refractivity contribution in [3.8, 4) is 11.8 Å². The van der Waals surface area contributed by atoms with Crippen LogP contribution in [0.3, 0.4) is 0 Å².